The van der Waals surface area contributed by atoms with Gasteiger partial charge in [0.05, 0.1) is 7.11 Å². The van der Waals surface area contributed by atoms with Crippen molar-refractivity contribution in [2.24, 2.45) is 4.40 Å². The summed E-state index contributed by atoms with van der Waals surface area (Å²) in [7, 11) is -1.98. The van der Waals surface area contributed by atoms with Crippen molar-refractivity contribution >= 4 is 16.0 Å². The zero-order valence-electron chi connectivity index (χ0n) is 10.5. The van der Waals surface area contributed by atoms with Crippen molar-refractivity contribution < 1.29 is 13.2 Å². The van der Waals surface area contributed by atoms with E-state index in [1.807, 2.05) is 29.2 Å². The van der Waals surface area contributed by atoms with E-state index in [1.165, 1.54) is 0 Å². The van der Waals surface area contributed by atoms with Gasteiger partial charge in [-0.3, -0.25) is 0 Å². The Labute approximate surface area is 112 Å². The first-order valence-corrected chi connectivity index (χ1v) is 7.55. The van der Waals surface area contributed by atoms with Gasteiger partial charge in [0.1, 0.15) is 17.8 Å². The highest BCUT2D eigenvalue weighted by Gasteiger charge is 2.35. The van der Waals surface area contributed by atoms with Gasteiger partial charge in [0.25, 0.3) is 0 Å². The molecule has 0 saturated carbocycles. The van der Waals surface area contributed by atoms with Crippen molar-refractivity contribution in [3.8, 4) is 5.75 Å². The second-order valence-electron chi connectivity index (χ2n) is 4.57. The summed E-state index contributed by atoms with van der Waals surface area (Å²) in [6.45, 7) is 0.818. The average Bonchev–Trinajstić information content (AvgIpc) is 2.84. The predicted molar refractivity (Wildman–Crippen MR) is 71.2 cm³/mol. The molecule has 1 N–H and O–H groups in total. The molecule has 2 heterocycles. The van der Waals surface area contributed by atoms with Crippen LogP contribution in [0.15, 0.2) is 28.7 Å². The van der Waals surface area contributed by atoms with E-state index in [0.717, 1.165) is 24.3 Å². The molecule has 7 heteroatoms. The smallest absolute Gasteiger partial charge is 0.323 e. The lowest BCUT2D eigenvalue weighted by atomic mass is 10.1. The summed E-state index contributed by atoms with van der Waals surface area (Å²) < 4.78 is 35.0. The number of fused-ring (bicyclic) bond motifs is 1. The van der Waals surface area contributed by atoms with Gasteiger partial charge in [0, 0.05) is 13.0 Å². The maximum absolute atomic E-state index is 11.8. The van der Waals surface area contributed by atoms with E-state index in [1.54, 1.807) is 7.11 Å². The Morgan fingerprint density at radius 1 is 1.37 bits per heavy atom. The summed E-state index contributed by atoms with van der Waals surface area (Å²) in [6, 6.07) is 7.39. The molecule has 0 unspecified atom stereocenters. The zero-order valence-corrected chi connectivity index (χ0v) is 11.4. The summed E-state index contributed by atoms with van der Waals surface area (Å²) in [4.78, 5) is 2.00. The van der Waals surface area contributed by atoms with Crippen LogP contribution in [0.3, 0.4) is 0 Å². The van der Waals surface area contributed by atoms with Gasteiger partial charge < -0.3 is 9.64 Å². The van der Waals surface area contributed by atoms with Gasteiger partial charge in [-0.05, 0) is 24.1 Å². The van der Waals surface area contributed by atoms with Crippen LogP contribution in [0, 0.1) is 0 Å². The first kappa shape index (κ1) is 12.4. The van der Waals surface area contributed by atoms with Crippen LogP contribution in [0.5, 0.6) is 5.75 Å². The van der Waals surface area contributed by atoms with Crippen LogP contribution in [-0.2, 0) is 10.2 Å². The van der Waals surface area contributed by atoms with Crippen molar-refractivity contribution in [1.82, 2.24) is 9.62 Å². The summed E-state index contributed by atoms with van der Waals surface area (Å²) >= 11 is 0. The van der Waals surface area contributed by atoms with Gasteiger partial charge in [-0.25, -0.2) is 0 Å². The molecule has 0 spiro atoms. The lowest BCUT2D eigenvalue weighted by Gasteiger charge is -2.33. The normalized spacial score (nSPS) is 24.8. The van der Waals surface area contributed by atoms with Crippen molar-refractivity contribution in [3.05, 3.63) is 29.8 Å². The van der Waals surface area contributed by atoms with Gasteiger partial charge >= 0.3 is 10.2 Å². The number of nitrogens with one attached hydrogen (secondary N) is 1. The molecule has 6 nitrogen and oxygen atoms in total. The molecule has 0 radical (unpaired) electrons. The molecule has 19 heavy (non-hydrogen) atoms. The van der Waals surface area contributed by atoms with E-state index in [0.29, 0.717) is 12.3 Å². The lowest BCUT2D eigenvalue weighted by Crippen LogP contribution is -2.45. The fourth-order valence-electron chi connectivity index (χ4n) is 2.46. The van der Waals surface area contributed by atoms with Crippen LogP contribution < -0.4 is 9.46 Å². The summed E-state index contributed by atoms with van der Waals surface area (Å²) in [5.74, 6) is 1.40. The van der Waals surface area contributed by atoms with E-state index in [9.17, 15) is 8.42 Å². The average molecular weight is 281 g/mol. The fraction of sp³-hybridized carbons (Fsp3) is 0.417. The minimum absolute atomic E-state index is 0.370. The Kier molecular flexibility index (Phi) is 2.94. The van der Waals surface area contributed by atoms with Crippen LogP contribution in [0.2, 0.25) is 0 Å². The minimum Gasteiger partial charge on any atom is -0.497 e. The summed E-state index contributed by atoms with van der Waals surface area (Å²) in [5.41, 5.74) is 0.888. The molecule has 0 amide bonds. The second-order valence-corrected chi connectivity index (χ2v) is 5.94. The van der Waals surface area contributed by atoms with E-state index >= 15 is 0 Å². The number of amidine groups is 1. The first-order chi connectivity index (χ1) is 9.09. The largest absolute Gasteiger partial charge is 0.497 e. The van der Waals surface area contributed by atoms with E-state index in [-0.39, 0.29) is 6.17 Å². The molecule has 3 rings (SSSR count). The van der Waals surface area contributed by atoms with Gasteiger partial charge in [0.15, 0.2) is 0 Å². The quantitative estimate of drug-likeness (QED) is 0.879. The molecule has 1 saturated heterocycles. The van der Waals surface area contributed by atoms with Crippen molar-refractivity contribution in [1.29, 1.82) is 0 Å². The number of methoxy groups -OCH3 is 1. The van der Waals surface area contributed by atoms with Crippen molar-refractivity contribution in [2.45, 2.75) is 19.0 Å². The standard InChI is InChI=1S/C12H15N3O3S/c1-18-10-6-4-9(5-7-10)12-14-19(16,17)13-11-3-2-8-15(11)12/h4-7,12,14H,2-3,8H2,1H3/t12-/m0/s1. The van der Waals surface area contributed by atoms with Crippen molar-refractivity contribution in [2.75, 3.05) is 13.7 Å². The number of rotatable bonds is 2. The van der Waals surface area contributed by atoms with Gasteiger partial charge in [-0.15, -0.1) is 4.40 Å². The first-order valence-electron chi connectivity index (χ1n) is 6.11. The Balaban J connectivity index is 1.97. The molecule has 1 fully saturated rings. The number of hydrogen-bond donors (Lipinski definition) is 1. The van der Waals surface area contributed by atoms with E-state index in [2.05, 4.69) is 9.12 Å². The number of ether oxygens (including phenoxy) is 1. The summed E-state index contributed by atoms with van der Waals surface area (Å²) in [5, 5.41) is 0. The molecule has 2 aliphatic rings. The van der Waals surface area contributed by atoms with Crippen molar-refractivity contribution in [3.63, 3.8) is 0 Å². The number of benzene rings is 1. The monoisotopic (exact) mass is 281 g/mol. The Morgan fingerprint density at radius 2 is 2.11 bits per heavy atom. The lowest BCUT2D eigenvalue weighted by molar-refractivity contribution is 0.315. The number of hydrogen-bond acceptors (Lipinski definition) is 4. The summed E-state index contributed by atoms with van der Waals surface area (Å²) in [6.07, 6.45) is 1.28. The molecule has 0 aliphatic carbocycles. The molecule has 1 aromatic carbocycles. The molecule has 0 aromatic heterocycles. The molecular weight excluding hydrogens is 266 g/mol. The van der Waals surface area contributed by atoms with Crippen LogP contribution in [0.4, 0.5) is 0 Å². The van der Waals surface area contributed by atoms with Crippen LogP contribution in [0.25, 0.3) is 0 Å². The third-order valence-electron chi connectivity index (χ3n) is 3.36. The topological polar surface area (TPSA) is 71.0 Å². The molecule has 1 aromatic rings. The van der Waals surface area contributed by atoms with Gasteiger partial charge in [0.2, 0.25) is 0 Å². The van der Waals surface area contributed by atoms with E-state index < -0.39 is 10.2 Å². The third kappa shape index (κ3) is 2.31. The molecule has 0 bridgehead atoms. The third-order valence-corrected chi connectivity index (χ3v) is 4.33. The molecule has 1 atom stereocenters. The van der Waals surface area contributed by atoms with Gasteiger partial charge in [-0.2, -0.15) is 13.1 Å². The Hall–Kier alpha value is -1.60. The van der Waals surface area contributed by atoms with E-state index in [4.69, 9.17) is 4.74 Å². The minimum atomic E-state index is -3.58. The number of nitrogens with zero attached hydrogens (tertiary/aromatic N) is 2. The maximum atomic E-state index is 11.8. The highest BCUT2D eigenvalue weighted by Crippen LogP contribution is 2.29. The maximum Gasteiger partial charge on any atom is 0.323 e. The zero-order chi connectivity index (χ0) is 13.5. The Morgan fingerprint density at radius 3 is 2.79 bits per heavy atom. The molecular formula is C12H15N3O3S. The highest BCUT2D eigenvalue weighted by atomic mass is 32.2. The SMILES string of the molecule is COc1ccc([C@H]2NS(=O)(=O)N=C3CCCN32)cc1. The molecule has 2 aliphatic heterocycles. The Bertz CT molecular complexity index is 610. The van der Waals surface area contributed by atoms with Crippen LogP contribution >= 0.6 is 0 Å². The van der Waals surface area contributed by atoms with Crippen LogP contribution in [-0.4, -0.2) is 32.8 Å². The highest BCUT2D eigenvalue weighted by molar-refractivity contribution is 7.88. The van der Waals surface area contributed by atoms with Crippen LogP contribution in [0.1, 0.15) is 24.6 Å². The molecule has 102 valence electrons. The van der Waals surface area contributed by atoms with Gasteiger partial charge in [-0.1, -0.05) is 12.1 Å². The fourth-order valence-corrected chi connectivity index (χ4v) is 3.53. The predicted octanol–water partition coefficient (Wildman–Crippen LogP) is 1.04. The second kappa shape index (κ2) is 4.50.